The minimum Gasteiger partial charge on any atom is -0.365 e. The van der Waals surface area contributed by atoms with Crippen LogP contribution in [-0.2, 0) is 9.53 Å². The molecule has 1 aromatic rings. The first-order valence-electron chi connectivity index (χ1n) is 9.48. The van der Waals surface area contributed by atoms with Crippen molar-refractivity contribution in [1.82, 2.24) is 5.01 Å². The summed E-state index contributed by atoms with van der Waals surface area (Å²) >= 11 is 0. The van der Waals surface area contributed by atoms with Gasteiger partial charge in [-0.25, -0.2) is 4.39 Å². The van der Waals surface area contributed by atoms with E-state index in [1.165, 1.54) is 6.07 Å². The lowest BCUT2D eigenvalue weighted by Crippen LogP contribution is -2.38. The van der Waals surface area contributed by atoms with Crippen LogP contribution in [0.1, 0.15) is 51.2 Å². The molecule has 1 aliphatic heterocycles. The zero-order valence-corrected chi connectivity index (χ0v) is 15.6. The number of Topliss-reactive ketones (excluding diaryl/α,β-unsaturated/α-hetero) is 1. The maximum Gasteiger partial charge on any atom is 0.182 e. The number of morpholine rings is 1. The number of carbonyl (C=O) groups excluding carboxylic acids is 1. The fourth-order valence-electron chi connectivity index (χ4n) is 3.30. The predicted molar refractivity (Wildman–Crippen MR) is 100 cm³/mol. The van der Waals surface area contributed by atoms with E-state index < -0.39 is 6.10 Å². The Labute approximate surface area is 154 Å². The van der Waals surface area contributed by atoms with Crippen LogP contribution in [0.5, 0.6) is 0 Å². The molecule has 0 aromatic heterocycles. The first-order chi connectivity index (χ1) is 12.5. The summed E-state index contributed by atoms with van der Waals surface area (Å²) in [5.41, 5.74) is 1.64. The lowest BCUT2D eigenvalue weighted by atomic mass is 9.78. The highest BCUT2D eigenvalue weighted by Gasteiger charge is 2.33. The van der Waals surface area contributed by atoms with Crippen molar-refractivity contribution >= 4 is 11.5 Å². The highest BCUT2D eigenvalue weighted by Crippen LogP contribution is 2.33. The molecule has 2 atom stereocenters. The number of halogens is 1. The van der Waals surface area contributed by atoms with Crippen LogP contribution >= 0.6 is 0 Å². The van der Waals surface area contributed by atoms with Gasteiger partial charge < -0.3 is 4.74 Å². The van der Waals surface area contributed by atoms with Crippen LogP contribution in [0.4, 0.5) is 4.39 Å². The van der Waals surface area contributed by atoms with Gasteiger partial charge in [-0.3, -0.25) is 9.80 Å². The molecule has 0 bridgehead atoms. The Morgan fingerprint density at radius 2 is 2.15 bits per heavy atom. The van der Waals surface area contributed by atoms with Crippen molar-refractivity contribution in [2.24, 2.45) is 16.9 Å². The van der Waals surface area contributed by atoms with Crippen LogP contribution in [0.15, 0.2) is 41.6 Å². The standard InChI is InChI=1S/C21H27FN2O2/c1-4-14(2)19(20(25)16-8-7-9-16)23-24-12-13-26-21(15(24)3)17-10-5-6-11-18(17)22/h5-6,10-11,14,16,21H,3-4,7-9,12-13H2,1-2H3/b23-19+. The second kappa shape index (κ2) is 8.12. The first-order valence-corrected chi connectivity index (χ1v) is 9.48. The van der Waals surface area contributed by atoms with E-state index in [9.17, 15) is 9.18 Å². The zero-order chi connectivity index (χ0) is 18.7. The molecule has 26 heavy (non-hydrogen) atoms. The monoisotopic (exact) mass is 358 g/mol. The van der Waals surface area contributed by atoms with E-state index in [2.05, 4.69) is 13.5 Å². The van der Waals surface area contributed by atoms with Crippen LogP contribution < -0.4 is 0 Å². The van der Waals surface area contributed by atoms with Gasteiger partial charge in [0.15, 0.2) is 5.78 Å². The number of hydrogen-bond donors (Lipinski definition) is 0. The molecule has 1 aromatic carbocycles. The number of ketones is 1. The average Bonchev–Trinajstić information content (AvgIpc) is 2.59. The third-order valence-electron chi connectivity index (χ3n) is 5.45. The second-order valence-electron chi connectivity index (χ2n) is 7.17. The van der Waals surface area contributed by atoms with Gasteiger partial charge in [-0.15, -0.1) is 0 Å². The molecular formula is C21H27FN2O2. The summed E-state index contributed by atoms with van der Waals surface area (Å²) in [4.78, 5) is 12.8. The molecule has 1 aliphatic carbocycles. The molecule has 0 radical (unpaired) electrons. The molecule has 0 N–H and O–H groups in total. The minimum absolute atomic E-state index is 0.0886. The largest absolute Gasteiger partial charge is 0.365 e. The summed E-state index contributed by atoms with van der Waals surface area (Å²) < 4.78 is 19.9. The summed E-state index contributed by atoms with van der Waals surface area (Å²) in [6.45, 7) is 9.11. The molecule has 2 fully saturated rings. The molecule has 2 unspecified atom stereocenters. The van der Waals surface area contributed by atoms with Crippen LogP contribution in [0.2, 0.25) is 0 Å². The van der Waals surface area contributed by atoms with Crippen LogP contribution in [0.3, 0.4) is 0 Å². The van der Waals surface area contributed by atoms with E-state index in [-0.39, 0.29) is 23.4 Å². The summed E-state index contributed by atoms with van der Waals surface area (Å²) in [5.74, 6) is 0.0367. The maximum absolute atomic E-state index is 14.2. The van der Waals surface area contributed by atoms with Crippen molar-refractivity contribution in [2.45, 2.75) is 45.6 Å². The van der Waals surface area contributed by atoms with Gasteiger partial charge in [-0.2, -0.15) is 5.10 Å². The Hall–Kier alpha value is -2.01. The molecule has 4 nitrogen and oxygen atoms in total. The fourth-order valence-corrected chi connectivity index (χ4v) is 3.30. The van der Waals surface area contributed by atoms with Crippen molar-refractivity contribution in [2.75, 3.05) is 13.2 Å². The summed E-state index contributed by atoms with van der Waals surface area (Å²) in [7, 11) is 0. The van der Waals surface area contributed by atoms with Crippen LogP contribution in [0.25, 0.3) is 0 Å². The van der Waals surface area contributed by atoms with Gasteiger partial charge in [0.05, 0.1) is 18.8 Å². The number of hydrogen-bond acceptors (Lipinski definition) is 4. The van der Waals surface area contributed by atoms with Crippen molar-refractivity contribution in [3.8, 4) is 0 Å². The Morgan fingerprint density at radius 3 is 2.77 bits per heavy atom. The van der Waals surface area contributed by atoms with Gasteiger partial charge in [0, 0.05) is 17.4 Å². The SMILES string of the molecule is C=C1C(c2ccccc2F)OCCN1/N=C(/C(=O)C1CCC1)C(C)CC. The second-order valence-corrected chi connectivity index (χ2v) is 7.17. The number of ether oxygens (including phenoxy) is 1. The predicted octanol–water partition coefficient (Wildman–Crippen LogP) is 4.48. The van der Waals surface area contributed by atoms with E-state index in [0.29, 0.717) is 30.1 Å². The van der Waals surface area contributed by atoms with E-state index >= 15 is 0 Å². The Kier molecular flexibility index (Phi) is 5.87. The molecule has 3 rings (SSSR count). The summed E-state index contributed by atoms with van der Waals surface area (Å²) in [6, 6.07) is 6.55. The number of carbonyl (C=O) groups is 1. The Morgan fingerprint density at radius 1 is 1.42 bits per heavy atom. The number of benzene rings is 1. The van der Waals surface area contributed by atoms with Crippen molar-refractivity contribution in [3.63, 3.8) is 0 Å². The molecule has 0 spiro atoms. The van der Waals surface area contributed by atoms with Crippen LogP contribution in [-0.4, -0.2) is 29.7 Å². The van der Waals surface area contributed by atoms with Gasteiger partial charge in [-0.05, 0) is 25.3 Å². The zero-order valence-electron chi connectivity index (χ0n) is 15.6. The Balaban J connectivity index is 1.86. The van der Waals surface area contributed by atoms with Gasteiger partial charge in [0.1, 0.15) is 17.6 Å². The average molecular weight is 358 g/mol. The molecule has 5 heteroatoms. The molecule has 140 valence electrons. The quantitative estimate of drug-likeness (QED) is 0.704. The van der Waals surface area contributed by atoms with Gasteiger partial charge in [0.2, 0.25) is 0 Å². The normalized spacial score (nSPS) is 22.9. The van der Waals surface area contributed by atoms with E-state index in [4.69, 9.17) is 9.84 Å². The molecule has 0 amide bonds. The third kappa shape index (κ3) is 3.73. The van der Waals surface area contributed by atoms with Crippen molar-refractivity contribution < 1.29 is 13.9 Å². The van der Waals surface area contributed by atoms with Crippen molar-refractivity contribution in [3.05, 3.63) is 47.9 Å². The maximum atomic E-state index is 14.2. The van der Waals surface area contributed by atoms with Gasteiger partial charge >= 0.3 is 0 Å². The summed E-state index contributed by atoms with van der Waals surface area (Å²) in [5, 5.41) is 6.43. The molecular weight excluding hydrogens is 331 g/mol. The smallest absolute Gasteiger partial charge is 0.182 e. The number of hydrazone groups is 1. The lowest BCUT2D eigenvalue weighted by Gasteiger charge is -2.35. The molecule has 1 saturated heterocycles. The van der Waals surface area contributed by atoms with Crippen LogP contribution in [0, 0.1) is 17.7 Å². The van der Waals surface area contributed by atoms with Gasteiger partial charge in [0.25, 0.3) is 0 Å². The lowest BCUT2D eigenvalue weighted by molar-refractivity contribution is -0.119. The fraction of sp³-hybridized carbons (Fsp3) is 0.524. The molecule has 1 saturated carbocycles. The van der Waals surface area contributed by atoms with E-state index in [0.717, 1.165) is 25.7 Å². The van der Waals surface area contributed by atoms with Gasteiger partial charge in [-0.1, -0.05) is 45.0 Å². The first kappa shape index (κ1) is 18.8. The van der Waals surface area contributed by atoms with Crippen molar-refractivity contribution in [1.29, 1.82) is 0 Å². The molecule has 1 heterocycles. The highest BCUT2D eigenvalue weighted by molar-refractivity contribution is 6.41. The topological polar surface area (TPSA) is 41.9 Å². The van der Waals surface area contributed by atoms with E-state index in [1.54, 1.807) is 23.2 Å². The molecule has 2 aliphatic rings. The Bertz CT molecular complexity index is 712. The number of nitrogens with zero attached hydrogens (tertiary/aromatic N) is 2. The summed E-state index contributed by atoms with van der Waals surface area (Å²) in [6.07, 6.45) is 3.30. The number of rotatable bonds is 6. The third-order valence-corrected chi connectivity index (χ3v) is 5.45. The minimum atomic E-state index is -0.578. The highest BCUT2D eigenvalue weighted by atomic mass is 19.1. The van der Waals surface area contributed by atoms with E-state index in [1.807, 2.05) is 6.92 Å².